The molecule has 0 aliphatic rings. The molecule has 0 fully saturated rings. The highest BCUT2D eigenvalue weighted by Gasteiger charge is 2.15. The number of aryl methyl sites for hydroxylation is 2. The standard InChI is InChI=1S/C25H22ClN3O5/c1-15-4-5-16(2)20(12-15)28-23(30)24(31)29-27-14-17-6-11-21(22(13-17)33-3)34-25(32)18-7-9-19(26)10-8-18/h4-14H,1-3H3,(H,28,30)(H,29,31). The number of methoxy groups -OCH3 is 1. The van der Waals surface area contributed by atoms with Crippen LogP contribution in [-0.2, 0) is 9.59 Å². The summed E-state index contributed by atoms with van der Waals surface area (Å²) in [4.78, 5) is 36.5. The fourth-order valence-corrected chi connectivity index (χ4v) is 2.99. The number of esters is 1. The smallest absolute Gasteiger partial charge is 0.343 e. The van der Waals surface area contributed by atoms with Crippen molar-refractivity contribution in [3.05, 3.63) is 87.9 Å². The summed E-state index contributed by atoms with van der Waals surface area (Å²) in [6, 6.07) is 16.5. The number of nitrogens with zero attached hydrogens (tertiary/aromatic N) is 1. The lowest BCUT2D eigenvalue weighted by Crippen LogP contribution is -2.32. The number of halogens is 1. The molecule has 3 aromatic carbocycles. The first kappa shape index (κ1) is 24.5. The fraction of sp³-hybridized carbons (Fsp3) is 0.120. The molecule has 174 valence electrons. The van der Waals surface area contributed by atoms with Crippen molar-refractivity contribution in [2.45, 2.75) is 13.8 Å². The molecule has 0 aromatic heterocycles. The van der Waals surface area contributed by atoms with Crippen molar-refractivity contribution >= 4 is 41.3 Å². The number of amides is 2. The Morgan fingerprint density at radius 3 is 2.35 bits per heavy atom. The Balaban J connectivity index is 1.61. The molecule has 2 amide bonds. The summed E-state index contributed by atoms with van der Waals surface area (Å²) in [7, 11) is 1.43. The highest BCUT2D eigenvalue weighted by Crippen LogP contribution is 2.28. The highest BCUT2D eigenvalue weighted by atomic mass is 35.5. The topological polar surface area (TPSA) is 106 Å². The van der Waals surface area contributed by atoms with E-state index in [9.17, 15) is 14.4 Å². The number of anilines is 1. The van der Waals surface area contributed by atoms with Crippen LogP contribution in [-0.4, -0.2) is 31.1 Å². The normalized spacial score (nSPS) is 10.6. The van der Waals surface area contributed by atoms with E-state index in [0.717, 1.165) is 11.1 Å². The zero-order valence-electron chi connectivity index (χ0n) is 18.7. The molecule has 0 unspecified atom stereocenters. The first-order chi connectivity index (χ1) is 16.3. The van der Waals surface area contributed by atoms with E-state index in [1.54, 1.807) is 42.5 Å². The van der Waals surface area contributed by atoms with Crippen LogP contribution >= 0.6 is 11.6 Å². The minimum Gasteiger partial charge on any atom is -0.493 e. The molecule has 0 heterocycles. The number of ether oxygens (including phenoxy) is 2. The lowest BCUT2D eigenvalue weighted by molar-refractivity contribution is -0.136. The summed E-state index contributed by atoms with van der Waals surface area (Å²) in [5.41, 5.74) is 5.39. The summed E-state index contributed by atoms with van der Waals surface area (Å²) in [6.45, 7) is 3.71. The van der Waals surface area contributed by atoms with Crippen LogP contribution in [0.2, 0.25) is 5.02 Å². The van der Waals surface area contributed by atoms with Gasteiger partial charge in [-0.15, -0.1) is 0 Å². The molecule has 0 spiro atoms. The van der Waals surface area contributed by atoms with Gasteiger partial charge >= 0.3 is 17.8 Å². The van der Waals surface area contributed by atoms with Gasteiger partial charge in [0.2, 0.25) is 0 Å². The average molecular weight is 480 g/mol. The minimum atomic E-state index is -0.919. The lowest BCUT2D eigenvalue weighted by Gasteiger charge is -2.10. The zero-order valence-corrected chi connectivity index (χ0v) is 19.5. The Hall–Kier alpha value is -4.17. The first-order valence-electron chi connectivity index (χ1n) is 10.1. The van der Waals surface area contributed by atoms with E-state index in [1.807, 2.05) is 26.0 Å². The quantitative estimate of drug-likeness (QED) is 0.180. The van der Waals surface area contributed by atoms with Crippen molar-refractivity contribution < 1.29 is 23.9 Å². The Labute approximate surface area is 201 Å². The summed E-state index contributed by atoms with van der Waals surface area (Å²) >= 11 is 5.84. The molecule has 2 N–H and O–H groups in total. The minimum absolute atomic E-state index is 0.205. The number of hydrogen-bond acceptors (Lipinski definition) is 6. The molecular weight excluding hydrogens is 458 g/mol. The van der Waals surface area contributed by atoms with Gasteiger partial charge in [-0.25, -0.2) is 10.2 Å². The van der Waals surface area contributed by atoms with Gasteiger partial charge in [0.15, 0.2) is 11.5 Å². The van der Waals surface area contributed by atoms with Crippen LogP contribution in [0.15, 0.2) is 65.8 Å². The third-order valence-corrected chi connectivity index (χ3v) is 4.95. The summed E-state index contributed by atoms with van der Waals surface area (Å²) in [6.07, 6.45) is 1.33. The van der Waals surface area contributed by atoms with Crippen LogP contribution < -0.4 is 20.2 Å². The van der Waals surface area contributed by atoms with Crippen molar-refractivity contribution in [1.29, 1.82) is 0 Å². The van der Waals surface area contributed by atoms with E-state index in [2.05, 4.69) is 15.8 Å². The van der Waals surface area contributed by atoms with Crippen LogP contribution in [0.5, 0.6) is 11.5 Å². The van der Waals surface area contributed by atoms with Gasteiger partial charge in [0.05, 0.1) is 18.9 Å². The molecule has 0 aliphatic carbocycles. The monoisotopic (exact) mass is 479 g/mol. The predicted octanol–water partition coefficient (Wildman–Crippen LogP) is 4.27. The van der Waals surface area contributed by atoms with E-state index in [0.29, 0.717) is 21.8 Å². The number of rotatable bonds is 6. The van der Waals surface area contributed by atoms with Crippen LogP contribution in [0.1, 0.15) is 27.0 Å². The van der Waals surface area contributed by atoms with Crippen LogP contribution in [0.4, 0.5) is 5.69 Å². The van der Waals surface area contributed by atoms with Gasteiger partial charge in [0, 0.05) is 10.7 Å². The molecular formula is C25H22ClN3O5. The Bertz CT molecular complexity index is 1260. The van der Waals surface area contributed by atoms with Crippen LogP contribution in [0.3, 0.4) is 0 Å². The molecule has 8 nitrogen and oxygen atoms in total. The van der Waals surface area contributed by atoms with E-state index in [1.165, 1.54) is 19.4 Å². The molecule has 3 aromatic rings. The van der Waals surface area contributed by atoms with E-state index < -0.39 is 17.8 Å². The van der Waals surface area contributed by atoms with Gasteiger partial charge in [-0.05, 0) is 79.1 Å². The molecule has 0 aliphatic heterocycles. The molecule has 0 atom stereocenters. The third-order valence-electron chi connectivity index (χ3n) is 4.70. The Morgan fingerprint density at radius 1 is 0.912 bits per heavy atom. The second kappa shape index (κ2) is 11.1. The van der Waals surface area contributed by atoms with Gasteiger partial charge in [0.25, 0.3) is 0 Å². The molecule has 0 bridgehead atoms. The van der Waals surface area contributed by atoms with Gasteiger partial charge in [-0.1, -0.05) is 23.7 Å². The van der Waals surface area contributed by atoms with Crippen molar-refractivity contribution in [3.63, 3.8) is 0 Å². The largest absolute Gasteiger partial charge is 0.493 e. The Morgan fingerprint density at radius 2 is 1.65 bits per heavy atom. The number of benzene rings is 3. The maximum absolute atomic E-state index is 12.3. The highest BCUT2D eigenvalue weighted by molar-refractivity contribution is 6.39. The number of carbonyl (C=O) groups is 3. The van der Waals surface area contributed by atoms with Crippen LogP contribution in [0, 0.1) is 13.8 Å². The number of hydrogen-bond donors (Lipinski definition) is 2. The van der Waals surface area contributed by atoms with Crippen molar-refractivity contribution in [1.82, 2.24) is 5.43 Å². The van der Waals surface area contributed by atoms with Gasteiger partial charge in [-0.2, -0.15) is 5.10 Å². The zero-order chi connectivity index (χ0) is 24.7. The van der Waals surface area contributed by atoms with Crippen molar-refractivity contribution in [2.24, 2.45) is 5.10 Å². The van der Waals surface area contributed by atoms with Gasteiger partial charge < -0.3 is 14.8 Å². The summed E-state index contributed by atoms with van der Waals surface area (Å²) in [5, 5.41) is 6.87. The number of nitrogens with one attached hydrogen (secondary N) is 2. The molecule has 34 heavy (non-hydrogen) atoms. The molecule has 3 rings (SSSR count). The predicted molar refractivity (Wildman–Crippen MR) is 130 cm³/mol. The lowest BCUT2D eigenvalue weighted by atomic mass is 10.1. The van der Waals surface area contributed by atoms with Crippen LogP contribution in [0.25, 0.3) is 0 Å². The van der Waals surface area contributed by atoms with E-state index >= 15 is 0 Å². The number of carbonyl (C=O) groups excluding carboxylic acids is 3. The average Bonchev–Trinajstić information content (AvgIpc) is 2.82. The van der Waals surface area contributed by atoms with E-state index in [-0.39, 0.29) is 11.5 Å². The second-order valence-electron chi connectivity index (χ2n) is 7.28. The molecule has 0 saturated carbocycles. The number of hydrazone groups is 1. The van der Waals surface area contributed by atoms with Crippen molar-refractivity contribution in [3.8, 4) is 11.5 Å². The Kier molecular flexibility index (Phi) is 8.00. The van der Waals surface area contributed by atoms with Crippen molar-refractivity contribution in [2.75, 3.05) is 12.4 Å². The first-order valence-corrected chi connectivity index (χ1v) is 10.5. The summed E-state index contributed by atoms with van der Waals surface area (Å²) in [5.74, 6) is -1.84. The maximum atomic E-state index is 12.3. The van der Waals surface area contributed by atoms with E-state index in [4.69, 9.17) is 21.1 Å². The SMILES string of the molecule is COc1cc(C=NNC(=O)C(=O)Nc2cc(C)ccc2C)ccc1OC(=O)c1ccc(Cl)cc1. The second-order valence-corrected chi connectivity index (χ2v) is 7.71. The fourth-order valence-electron chi connectivity index (χ4n) is 2.86. The summed E-state index contributed by atoms with van der Waals surface area (Å²) < 4.78 is 10.7. The molecule has 0 radical (unpaired) electrons. The third kappa shape index (κ3) is 6.43. The van der Waals surface area contributed by atoms with Gasteiger partial charge in [0.1, 0.15) is 0 Å². The van der Waals surface area contributed by atoms with Gasteiger partial charge in [-0.3, -0.25) is 9.59 Å². The molecule has 0 saturated heterocycles. The molecule has 9 heteroatoms. The maximum Gasteiger partial charge on any atom is 0.343 e.